The lowest BCUT2D eigenvalue weighted by Gasteiger charge is -2.31. The van der Waals surface area contributed by atoms with E-state index in [2.05, 4.69) is 29.1 Å². The van der Waals surface area contributed by atoms with Crippen LogP contribution in [-0.4, -0.2) is 73.7 Å². The van der Waals surface area contributed by atoms with E-state index in [0.717, 1.165) is 45.4 Å². The molecule has 5 heteroatoms. The van der Waals surface area contributed by atoms with Gasteiger partial charge < -0.3 is 15.0 Å². The highest BCUT2D eigenvalue weighted by atomic mass is 16.5. The van der Waals surface area contributed by atoms with Crippen LogP contribution in [0.1, 0.15) is 39.5 Å². The Hall–Kier alpha value is -0.650. The first-order valence-electron chi connectivity index (χ1n) is 8.46. The zero-order valence-corrected chi connectivity index (χ0v) is 13.9. The minimum absolute atomic E-state index is 0.0544. The molecular formula is C16H31N3O2. The standard InChI is InChI=1S/C16H31N3O2/c1-4-17-16(15(20)21-5-2)8-7-14(13-16)19-10-6-9-18(3)11-12-19/h14,17H,4-13H2,1-3H3. The van der Waals surface area contributed by atoms with Gasteiger partial charge in [0.15, 0.2) is 0 Å². The lowest BCUT2D eigenvalue weighted by molar-refractivity contribution is -0.151. The molecule has 2 atom stereocenters. The Bertz CT molecular complexity index is 350. The largest absolute Gasteiger partial charge is 0.465 e. The monoisotopic (exact) mass is 297 g/mol. The molecule has 0 spiro atoms. The van der Waals surface area contributed by atoms with Crippen LogP contribution in [-0.2, 0) is 9.53 Å². The molecule has 1 aliphatic carbocycles. The van der Waals surface area contributed by atoms with Gasteiger partial charge in [-0.1, -0.05) is 6.92 Å². The van der Waals surface area contributed by atoms with E-state index in [1.165, 1.54) is 13.0 Å². The molecule has 5 nitrogen and oxygen atoms in total. The Morgan fingerprint density at radius 2 is 2.10 bits per heavy atom. The normalized spacial score (nSPS) is 32.0. The molecule has 122 valence electrons. The van der Waals surface area contributed by atoms with Crippen molar-refractivity contribution in [3.63, 3.8) is 0 Å². The molecule has 21 heavy (non-hydrogen) atoms. The van der Waals surface area contributed by atoms with Crippen LogP contribution < -0.4 is 5.32 Å². The highest BCUT2D eigenvalue weighted by molar-refractivity contribution is 5.81. The van der Waals surface area contributed by atoms with Crippen LogP contribution in [0, 0.1) is 0 Å². The Kier molecular flexibility index (Phi) is 6.02. The number of rotatable bonds is 5. The van der Waals surface area contributed by atoms with Gasteiger partial charge in [0.1, 0.15) is 5.54 Å². The summed E-state index contributed by atoms with van der Waals surface area (Å²) in [6.45, 7) is 9.80. The van der Waals surface area contributed by atoms with Crippen LogP contribution in [0.25, 0.3) is 0 Å². The molecule has 0 aromatic rings. The molecule has 2 aliphatic rings. The molecular weight excluding hydrogens is 266 g/mol. The van der Waals surface area contributed by atoms with E-state index in [0.29, 0.717) is 12.6 Å². The van der Waals surface area contributed by atoms with Gasteiger partial charge in [-0.05, 0) is 59.3 Å². The quantitative estimate of drug-likeness (QED) is 0.770. The summed E-state index contributed by atoms with van der Waals surface area (Å²) < 4.78 is 5.33. The van der Waals surface area contributed by atoms with Gasteiger partial charge in [-0.15, -0.1) is 0 Å². The minimum atomic E-state index is -0.451. The fraction of sp³-hybridized carbons (Fsp3) is 0.938. The fourth-order valence-corrected chi connectivity index (χ4v) is 3.79. The fourth-order valence-electron chi connectivity index (χ4n) is 3.79. The van der Waals surface area contributed by atoms with E-state index in [4.69, 9.17) is 4.74 Å². The Labute approximate surface area is 129 Å². The number of hydrogen-bond acceptors (Lipinski definition) is 5. The number of carbonyl (C=O) groups is 1. The summed E-state index contributed by atoms with van der Waals surface area (Å²) in [5.41, 5.74) is -0.451. The second-order valence-corrected chi connectivity index (χ2v) is 6.42. The van der Waals surface area contributed by atoms with Gasteiger partial charge in [-0.25, -0.2) is 0 Å². The lowest BCUT2D eigenvalue weighted by atomic mass is 9.97. The second-order valence-electron chi connectivity index (χ2n) is 6.42. The van der Waals surface area contributed by atoms with Crippen molar-refractivity contribution in [1.82, 2.24) is 15.1 Å². The smallest absolute Gasteiger partial charge is 0.326 e. The molecule has 1 N–H and O–H groups in total. The van der Waals surface area contributed by atoms with E-state index in [9.17, 15) is 4.79 Å². The van der Waals surface area contributed by atoms with Crippen molar-refractivity contribution in [2.24, 2.45) is 0 Å². The molecule has 0 radical (unpaired) electrons. The summed E-state index contributed by atoms with van der Waals surface area (Å²) in [4.78, 5) is 17.4. The first kappa shape index (κ1) is 16.7. The Balaban J connectivity index is 2.00. The minimum Gasteiger partial charge on any atom is -0.465 e. The van der Waals surface area contributed by atoms with Crippen LogP contribution in [0.3, 0.4) is 0 Å². The van der Waals surface area contributed by atoms with Crippen molar-refractivity contribution in [2.75, 3.05) is 46.4 Å². The maximum Gasteiger partial charge on any atom is 0.326 e. The van der Waals surface area contributed by atoms with Gasteiger partial charge in [0, 0.05) is 19.1 Å². The van der Waals surface area contributed by atoms with Gasteiger partial charge in [-0.3, -0.25) is 9.69 Å². The number of nitrogens with zero attached hydrogens (tertiary/aromatic N) is 2. The maximum atomic E-state index is 12.4. The molecule has 2 unspecified atom stereocenters. The van der Waals surface area contributed by atoms with Crippen LogP contribution >= 0.6 is 0 Å². The van der Waals surface area contributed by atoms with Gasteiger partial charge in [0.05, 0.1) is 6.61 Å². The highest BCUT2D eigenvalue weighted by Crippen LogP contribution is 2.34. The lowest BCUT2D eigenvalue weighted by Crippen LogP contribution is -2.52. The van der Waals surface area contributed by atoms with Gasteiger partial charge >= 0.3 is 5.97 Å². The summed E-state index contributed by atoms with van der Waals surface area (Å²) in [6.07, 6.45) is 4.11. The molecule has 1 aliphatic heterocycles. The molecule has 0 amide bonds. The average Bonchev–Trinajstić information content (AvgIpc) is 2.77. The van der Waals surface area contributed by atoms with Crippen molar-refractivity contribution in [2.45, 2.75) is 51.1 Å². The molecule has 0 aromatic heterocycles. The third-order valence-electron chi connectivity index (χ3n) is 4.94. The second kappa shape index (κ2) is 7.56. The molecule has 1 saturated carbocycles. The van der Waals surface area contributed by atoms with E-state index in [1.807, 2.05) is 6.92 Å². The zero-order valence-electron chi connectivity index (χ0n) is 13.9. The number of ether oxygens (including phenoxy) is 1. The van der Waals surface area contributed by atoms with Crippen LogP contribution in [0.2, 0.25) is 0 Å². The number of esters is 1. The topological polar surface area (TPSA) is 44.8 Å². The van der Waals surface area contributed by atoms with Crippen molar-refractivity contribution in [3.05, 3.63) is 0 Å². The molecule has 1 saturated heterocycles. The number of likely N-dealkylation sites (N-methyl/N-ethyl adjacent to an activating group) is 2. The summed E-state index contributed by atoms with van der Waals surface area (Å²) >= 11 is 0. The first-order valence-corrected chi connectivity index (χ1v) is 8.46. The highest BCUT2D eigenvalue weighted by Gasteiger charge is 2.47. The Morgan fingerprint density at radius 3 is 2.81 bits per heavy atom. The average molecular weight is 297 g/mol. The zero-order chi connectivity index (χ0) is 15.3. The van der Waals surface area contributed by atoms with E-state index >= 15 is 0 Å². The van der Waals surface area contributed by atoms with Crippen LogP contribution in [0.4, 0.5) is 0 Å². The Morgan fingerprint density at radius 1 is 1.29 bits per heavy atom. The third kappa shape index (κ3) is 3.96. The van der Waals surface area contributed by atoms with Crippen LogP contribution in [0.5, 0.6) is 0 Å². The maximum absolute atomic E-state index is 12.4. The summed E-state index contributed by atoms with van der Waals surface area (Å²) in [6, 6.07) is 0.514. The number of nitrogens with one attached hydrogen (secondary N) is 1. The predicted octanol–water partition coefficient (Wildman–Crippen LogP) is 1.09. The van der Waals surface area contributed by atoms with Crippen molar-refractivity contribution < 1.29 is 9.53 Å². The molecule has 0 aromatic carbocycles. The number of carbonyl (C=O) groups excluding carboxylic acids is 1. The van der Waals surface area contributed by atoms with Crippen molar-refractivity contribution in [3.8, 4) is 0 Å². The first-order chi connectivity index (χ1) is 10.1. The summed E-state index contributed by atoms with van der Waals surface area (Å²) in [7, 11) is 2.19. The molecule has 1 heterocycles. The van der Waals surface area contributed by atoms with E-state index in [-0.39, 0.29) is 5.97 Å². The van der Waals surface area contributed by atoms with Gasteiger partial charge in [0.2, 0.25) is 0 Å². The van der Waals surface area contributed by atoms with Crippen molar-refractivity contribution in [1.29, 1.82) is 0 Å². The van der Waals surface area contributed by atoms with Gasteiger partial charge in [0.25, 0.3) is 0 Å². The predicted molar refractivity (Wildman–Crippen MR) is 84.4 cm³/mol. The summed E-state index contributed by atoms with van der Waals surface area (Å²) in [5, 5.41) is 3.42. The SMILES string of the molecule is CCNC1(C(=O)OCC)CCC(N2CCCN(C)CC2)C1. The van der Waals surface area contributed by atoms with E-state index in [1.54, 1.807) is 0 Å². The number of hydrogen-bond donors (Lipinski definition) is 1. The molecule has 0 bridgehead atoms. The van der Waals surface area contributed by atoms with Crippen molar-refractivity contribution >= 4 is 5.97 Å². The molecule has 2 fully saturated rings. The van der Waals surface area contributed by atoms with E-state index < -0.39 is 5.54 Å². The molecule has 2 rings (SSSR count). The van der Waals surface area contributed by atoms with Crippen LogP contribution in [0.15, 0.2) is 0 Å². The van der Waals surface area contributed by atoms with Gasteiger partial charge in [-0.2, -0.15) is 0 Å². The summed E-state index contributed by atoms with van der Waals surface area (Å²) in [5.74, 6) is -0.0544. The third-order valence-corrected chi connectivity index (χ3v) is 4.94.